The molecule has 2 rings (SSSR count). The lowest BCUT2D eigenvalue weighted by Gasteiger charge is -2.10. The fourth-order valence-corrected chi connectivity index (χ4v) is 2.48. The number of thioether (sulfide) groups is 1. The summed E-state index contributed by atoms with van der Waals surface area (Å²) in [7, 11) is 0. The van der Waals surface area contributed by atoms with Gasteiger partial charge in [0.25, 0.3) is 0 Å². The van der Waals surface area contributed by atoms with Gasteiger partial charge in [0.2, 0.25) is 5.91 Å². The Morgan fingerprint density at radius 2 is 2.05 bits per heavy atom. The second kappa shape index (κ2) is 6.61. The first-order valence-corrected chi connectivity index (χ1v) is 7.51. The molecule has 0 radical (unpaired) electrons. The lowest BCUT2D eigenvalue weighted by molar-refractivity contribution is -0.115. The van der Waals surface area contributed by atoms with Crippen LogP contribution in [0.1, 0.15) is 23.8 Å². The van der Waals surface area contributed by atoms with Crippen LogP contribution in [0.5, 0.6) is 0 Å². The normalized spacial score (nSPS) is 12.2. The number of aryl methyl sites for hydroxylation is 2. The van der Waals surface area contributed by atoms with Crippen molar-refractivity contribution < 1.29 is 9.32 Å². The van der Waals surface area contributed by atoms with Gasteiger partial charge in [-0.25, -0.2) is 0 Å². The largest absolute Gasteiger partial charge is 0.360 e. The fourth-order valence-electron chi connectivity index (χ4n) is 1.63. The Bertz CT molecular complexity index is 578. The molecule has 1 heterocycles. The van der Waals surface area contributed by atoms with Crippen molar-refractivity contribution in [2.75, 3.05) is 5.32 Å². The third kappa shape index (κ3) is 4.13. The predicted molar refractivity (Wildman–Crippen MR) is 81.8 cm³/mol. The highest BCUT2D eigenvalue weighted by Crippen LogP contribution is 2.19. The topological polar surface area (TPSA) is 55.1 Å². The van der Waals surface area contributed by atoms with E-state index in [1.165, 1.54) is 11.1 Å². The molecule has 0 aliphatic rings. The van der Waals surface area contributed by atoms with Gasteiger partial charge in [-0.15, -0.1) is 11.8 Å². The molecule has 0 bridgehead atoms. The lowest BCUT2D eigenvalue weighted by Crippen LogP contribution is -2.22. The van der Waals surface area contributed by atoms with Crippen LogP contribution in [0.3, 0.4) is 0 Å². The summed E-state index contributed by atoms with van der Waals surface area (Å²) in [5.41, 5.74) is 2.46. The highest BCUT2D eigenvalue weighted by Gasteiger charge is 2.15. The third-order valence-electron chi connectivity index (χ3n) is 2.87. The van der Waals surface area contributed by atoms with Gasteiger partial charge in [0.15, 0.2) is 5.82 Å². The van der Waals surface area contributed by atoms with Crippen molar-refractivity contribution in [2.24, 2.45) is 0 Å². The van der Waals surface area contributed by atoms with E-state index < -0.39 is 0 Å². The highest BCUT2D eigenvalue weighted by atomic mass is 32.2. The molecule has 0 saturated carbocycles. The summed E-state index contributed by atoms with van der Waals surface area (Å²) in [4.78, 5) is 12.0. The summed E-state index contributed by atoms with van der Waals surface area (Å²) in [5, 5.41) is 6.35. The monoisotopic (exact) mass is 290 g/mol. The first-order valence-electron chi connectivity index (χ1n) is 6.46. The van der Waals surface area contributed by atoms with E-state index in [4.69, 9.17) is 4.52 Å². The number of carbonyl (C=O) groups excluding carboxylic acids is 1. The molecule has 1 N–H and O–H groups in total. The summed E-state index contributed by atoms with van der Waals surface area (Å²) in [6.45, 7) is 5.74. The summed E-state index contributed by atoms with van der Waals surface area (Å²) in [6.07, 6.45) is 0. The molecule has 5 heteroatoms. The average Bonchev–Trinajstić information content (AvgIpc) is 2.83. The minimum atomic E-state index is -0.145. The molecule has 20 heavy (non-hydrogen) atoms. The number of rotatable bonds is 5. The van der Waals surface area contributed by atoms with Crippen LogP contribution in [0.4, 0.5) is 5.82 Å². The Morgan fingerprint density at radius 1 is 1.35 bits per heavy atom. The van der Waals surface area contributed by atoms with Crippen molar-refractivity contribution in [3.8, 4) is 0 Å². The Labute approximate surface area is 122 Å². The highest BCUT2D eigenvalue weighted by molar-refractivity contribution is 7.99. The van der Waals surface area contributed by atoms with Gasteiger partial charge in [-0.2, -0.15) is 0 Å². The molecule has 1 atom stereocenters. The first-order chi connectivity index (χ1) is 9.54. The minimum Gasteiger partial charge on any atom is -0.360 e. The van der Waals surface area contributed by atoms with Gasteiger partial charge in [-0.05, 0) is 26.3 Å². The van der Waals surface area contributed by atoms with Gasteiger partial charge in [0.1, 0.15) is 5.76 Å². The van der Waals surface area contributed by atoms with Crippen LogP contribution in [-0.4, -0.2) is 16.3 Å². The van der Waals surface area contributed by atoms with Crippen molar-refractivity contribution in [1.82, 2.24) is 5.16 Å². The van der Waals surface area contributed by atoms with E-state index in [0.29, 0.717) is 11.6 Å². The Kier molecular flexibility index (Phi) is 4.84. The SMILES string of the molecule is Cc1ccc(CSC(C)C(=O)Nc2cc(C)on2)cc1. The molecule has 4 nitrogen and oxygen atoms in total. The van der Waals surface area contributed by atoms with Crippen LogP contribution < -0.4 is 5.32 Å². The van der Waals surface area contributed by atoms with Gasteiger partial charge in [-0.3, -0.25) is 4.79 Å². The second-order valence-electron chi connectivity index (χ2n) is 4.75. The van der Waals surface area contributed by atoms with Crippen LogP contribution in [0.2, 0.25) is 0 Å². The van der Waals surface area contributed by atoms with E-state index in [-0.39, 0.29) is 11.2 Å². The number of anilines is 1. The maximum Gasteiger partial charge on any atom is 0.238 e. The van der Waals surface area contributed by atoms with Crippen molar-refractivity contribution in [3.63, 3.8) is 0 Å². The zero-order chi connectivity index (χ0) is 14.5. The quantitative estimate of drug-likeness (QED) is 0.915. The number of benzene rings is 1. The Balaban J connectivity index is 1.83. The molecule has 106 valence electrons. The van der Waals surface area contributed by atoms with Crippen LogP contribution in [0.25, 0.3) is 0 Å². The van der Waals surface area contributed by atoms with Crippen LogP contribution in [0, 0.1) is 13.8 Å². The first kappa shape index (κ1) is 14.7. The summed E-state index contributed by atoms with van der Waals surface area (Å²) in [6, 6.07) is 10.1. The van der Waals surface area contributed by atoms with Crippen LogP contribution in [0.15, 0.2) is 34.9 Å². The van der Waals surface area contributed by atoms with Crippen molar-refractivity contribution in [1.29, 1.82) is 0 Å². The summed E-state index contributed by atoms with van der Waals surface area (Å²) < 4.78 is 4.91. The third-order valence-corrected chi connectivity index (χ3v) is 4.08. The van der Waals surface area contributed by atoms with Gasteiger partial charge >= 0.3 is 0 Å². The predicted octanol–water partition coefficient (Wildman–Crippen LogP) is 3.55. The standard InChI is InChI=1S/C15H18N2O2S/c1-10-4-6-13(7-5-10)9-20-12(3)15(18)16-14-8-11(2)19-17-14/h4-8,12H,9H2,1-3H3,(H,16,17,18). The molecule has 0 fully saturated rings. The molecular formula is C15H18N2O2S. The second-order valence-corrected chi connectivity index (χ2v) is 6.08. The van der Waals surface area contributed by atoms with Gasteiger partial charge < -0.3 is 9.84 Å². The fraction of sp³-hybridized carbons (Fsp3) is 0.333. The smallest absolute Gasteiger partial charge is 0.238 e. The van der Waals surface area contributed by atoms with Gasteiger partial charge in [-0.1, -0.05) is 35.0 Å². The zero-order valence-corrected chi connectivity index (χ0v) is 12.7. The molecule has 1 amide bonds. The van der Waals surface area contributed by atoms with E-state index in [9.17, 15) is 4.79 Å². The van der Waals surface area contributed by atoms with Crippen LogP contribution >= 0.6 is 11.8 Å². The van der Waals surface area contributed by atoms with E-state index in [2.05, 4.69) is 41.7 Å². The molecule has 1 aromatic carbocycles. The van der Waals surface area contributed by atoms with Crippen molar-refractivity contribution in [2.45, 2.75) is 31.8 Å². The molecule has 1 aromatic heterocycles. The van der Waals surface area contributed by atoms with E-state index in [1.54, 1.807) is 24.8 Å². The molecule has 2 aromatic rings. The van der Waals surface area contributed by atoms with E-state index in [0.717, 1.165) is 5.75 Å². The number of hydrogen-bond donors (Lipinski definition) is 1. The number of carbonyl (C=O) groups is 1. The number of aromatic nitrogens is 1. The van der Waals surface area contributed by atoms with Gasteiger partial charge in [0.05, 0.1) is 5.25 Å². The Morgan fingerprint density at radius 3 is 2.65 bits per heavy atom. The maximum absolute atomic E-state index is 12.0. The van der Waals surface area contributed by atoms with E-state index >= 15 is 0 Å². The number of nitrogens with one attached hydrogen (secondary N) is 1. The van der Waals surface area contributed by atoms with Crippen LogP contribution in [-0.2, 0) is 10.5 Å². The molecule has 0 aliphatic carbocycles. The van der Waals surface area contributed by atoms with Crippen molar-refractivity contribution >= 4 is 23.5 Å². The minimum absolute atomic E-state index is 0.0598. The van der Waals surface area contributed by atoms with E-state index in [1.807, 2.05) is 6.92 Å². The number of amides is 1. The molecule has 1 unspecified atom stereocenters. The van der Waals surface area contributed by atoms with Crippen molar-refractivity contribution in [3.05, 3.63) is 47.2 Å². The van der Waals surface area contributed by atoms with Gasteiger partial charge in [0, 0.05) is 11.8 Å². The molecule has 0 saturated heterocycles. The molecular weight excluding hydrogens is 272 g/mol. The Hall–Kier alpha value is -1.75. The zero-order valence-electron chi connectivity index (χ0n) is 11.8. The lowest BCUT2D eigenvalue weighted by atomic mass is 10.2. The maximum atomic E-state index is 12.0. The summed E-state index contributed by atoms with van der Waals surface area (Å²) >= 11 is 1.60. The number of hydrogen-bond acceptors (Lipinski definition) is 4. The molecule has 0 spiro atoms. The summed E-state index contributed by atoms with van der Waals surface area (Å²) in [5.74, 6) is 1.90. The average molecular weight is 290 g/mol. The molecule has 0 aliphatic heterocycles. The number of nitrogens with zero attached hydrogens (tertiary/aromatic N) is 1.